The Morgan fingerprint density at radius 3 is 2.50 bits per heavy atom. The molecule has 1 atom stereocenters. The van der Waals surface area contributed by atoms with Gasteiger partial charge in [-0.15, -0.1) is 0 Å². The predicted molar refractivity (Wildman–Crippen MR) is 44.0 cm³/mol. The third kappa shape index (κ3) is 1.70. The van der Waals surface area contributed by atoms with Crippen LogP contribution in [0.1, 0.15) is 18.0 Å². The zero-order valence-electron chi connectivity index (χ0n) is 6.11. The number of aromatic nitrogens is 2. The number of nitrogens with zero attached hydrogens (tertiary/aromatic N) is 2. The first-order valence-electron chi connectivity index (χ1n) is 3.14. The summed E-state index contributed by atoms with van der Waals surface area (Å²) < 4.78 is 0. The van der Waals surface area contributed by atoms with E-state index < -0.39 is 0 Å². The molecule has 1 unspecified atom stereocenters. The van der Waals surface area contributed by atoms with Gasteiger partial charge in [-0.3, -0.25) is 0 Å². The normalized spacial score (nSPS) is 13.0. The minimum atomic E-state index is 0.404. The fourth-order valence-corrected chi connectivity index (χ4v) is 0.958. The van der Waals surface area contributed by atoms with Crippen molar-refractivity contribution >= 4 is 11.8 Å². The Morgan fingerprint density at radius 2 is 2.00 bits per heavy atom. The third-order valence-electron chi connectivity index (χ3n) is 1.30. The highest BCUT2D eigenvalue weighted by molar-refractivity contribution is 7.98. The summed E-state index contributed by atoms with van der Waals surface area (Å²) in [6.45, 7) is 2.10. The van der Waals surface area contributed by atoms with Gasteiger partial charge in [0.15, 0.2) is 0 Å². The van der Waals surface area contributed by atoms with Crippen LogP contribution in [0, 0.1) is 0 Å². The van der Waals surface area contributed by atoms with E-state index in [-0.39, 0.29) is 0 Å². The van der Waals surface area contributed by atoms with Gasteiger partial charge in [0.2, 0.25) is 0 Å². The molecule has 0 amide bonds. The average Bonchev–Trinajstić information content (AvgIpc) is 2.05. The summed E-state index contributed by atoms with van der Waals surface area (Å²) in [4.78, 5) is 8.24. The molecule has 1 heterocycles. The van der Waals surface area contributed by atoms with E-state index >= 15 is 0 Å². The Morgan fingerprint density at radius 1 is 1.40 bits per heavy atom. The van der Waals surface area contributed by atoms with Crippen molar-refractivity contribution in [2.75, 3.05) is 6.26 Å². The van der Waals surface area contributed by atoms with Gasteiger partial charge in [0.05, 0.1) is 5.25 Å². The maximum atomic E-state index is 4.12. The van der Waals surface area contributed by atoms with Gasteiger partial charge in [-0.05, 0) is 19.2 Å². The van der Waals surface area contributed by atoms with Crippen molar-refractivity contribution in [3.05, 3.63) is 24.3 Å². The Labute approximate surface area is 65.1 Å². The number of rotatable bonds is 2. The highest BCUT2D eigenvalue weighted by Crippen LogP contribution is 2.20. The molecule has 1 rings (SSSR count). The summed E-state index contributed by atoms with van der Waals surface area (Å²) in [6, 6.07) is 1.83. The third-order valence-corrected chi connectivity index (χ3v) is 2.22. The standard InChI is InChI=1S/C7H10N2S/c1-6(10-2)7-8-4-3-5-9-7/h3-6H,1-2H3. The summed E-state index contributed by atoms with van der Waals surface area (Å²) in [5.41, 5.74) is 0. The van der Waals surface area contributed by atoms with Crippen molar-refractivity contribution in [2.24, 2.45) is 0 Å². The lowest BCUT2D eigenvalue weighted by Gasteiger charge is -2.03. The van der Waals surface area contributed by atoms with Crippen molar-refractivity contribution in [1.82, 2.24) is 9.97 Å². The molecular formula is C7H10N2S. The molecule has 1 aromatic rings. The molecule has 0 aliphatic heterocycles. The Bertz CT molecular complexity index is 188. The topological polar surface area (TPSA) is 25.8 Å². The van der Waals surface area contributed by atoms with Crippen LogP contribution in [0.4, 0.5) is 0 Å². The van der Waals surface area contributed by atoms with Gasteiger partial charge >= 0.3 is 0 Å². The fraction of sp³-hybridized carbons (Fsp3) is 0.429. The summed E-state index contributed by atoms with van der Waals surface area (Å²) >= 11 is 1.75. The van der Waals surface area contributed by atoms with Crippen LogP contribution in [0.25, 0.3) is 0 Å². The molecule has 0 fully saturated rings. The molecular weight excluding hydrogens is 144 g/mol. The minimum Gasteiger partial charge on any atom is -0.240 e. The molecule has 0 aliphatic carbocycles. The van der Waals surface area contributed by atoms with Crippen molar-refractivity contribution < 1.29 is 0 Å². The van der Waals surface area contributed by atoms with Crippen LogP contribution in [0.15, 0.2) is 18.5 Å². The second kappa shape index (κ2) is 3.56. The van der Waals surface area contributed by atoms with Crippen LogP contribution in [0.3, 0.4) is 0 Å². The van der Waals surface area contributed by atoms with Crippen molar-refractivity contribution in [1.29, 1.82) is 0 Å². The van der Waals surface area contributed by atoms with Crippen LogP contribution >= 0.6 is 11.8 Å². The molecule has 0 aliphatic rings. The maximum Gasteiger partial charge on any atom is 0.140 e. The van der Waals surface area contributed by atoms with Crippen LogP contribution in [0.5, 0.6) is 0 Å². The highest BCUT2D eigenvalue weighted by atomic mass is 32.2. The molecule has 0 aromatic carbocycles. The zero-order chi connectivity index (χ0) is 7.40. The summed E-state index contributed by atoms with van der Waals surface area (Å²) in [7, 11) is 0. The van der Waals surface area contributed by atoms with E-state index in [1.165, 1.54) is 0 Å². The molecule has 0 saturated heterocycles. The van der Waals surface area contributed by atoms with E-state index in [1.54, 1.807) is 24.2 Å². The number of hydrogen-bond donors (Lipinski definition) is 0. The fourth-order valence-electron chi connectivity index (χ4n) is 0.626. The molecule has 0 saturated carbocycles. The Kier molecular flexibility index (Phi) is 2.68. The molecule has 0 radical (unpaired) electrons. The molecule has 54 valence electrons. The van der Waals surface area contributed by atoms with Crippen LogP contribution in [-0.4, -0.2) is 16.2 Å². The lowest BCUT2D eigenvalue weighted by atomic mass is 10.4. The van der Waals surface area contributed by atoms with E-state index in [2.05, 4.69) is 23.1 Å². The van der Waals surface area contributed by atoms with E-state index in [0.717, 1.165) is 5.82 Å². The van der Waals surface area contributed by atoms with Gasteiger partial charge in [-0.25, -0.2) is 9.97 Å². The molecule has 0 N–H and O–H groups in total. The van der Waals surface area contributed by atoms with E-state index in [9.17, 15) is 0 Å². The molecule has 3 heteroatoms. The first-order chi connectivity index (χ1) is 4.84. The molecule has 1 aromatic heterocycles. The van der Waals surface area contributed by atoms with Crippen LogP contribution in [0.2, 0.25) is 0 Å². The predicted octanol–water partition coefficient (Wildman–Crippen LogP) is 1.90. The summed E-state index contributed by atoms with van der Waals surface area (Å²) in [5.74, 6) is 0.912. The molecule has 0 bridgehead atoms. The monoisotopic (exact) mass is 154 g/mol. The van der Waals surface area contributed by atoms with Gasteiger partial charge in [0.1, 0.15) is 5.82 Å². The van der Waals surface area contributed by atoms with Gasteiger partial charge in [-0.1, -0.05) is 0 Å². The van der Waals surface area contributed by atoms with Crippen LogP contribution in [-0.2, 0) is 0 Å². The number of thioether (sulfide) groups is 1. The van der Waals surface area contributed by atoms with Crippen molar-refractivity contribution in [3.8, 4) is 0 Å². The quantitative estimate of drug-likeness (QED) is 0.650. The lowest BCUT2D eigenvalue weighted by Crippen LogP contribution is -1.94. The van der Waals surface area contributed by atoms with Gasteiger partial charge in [0.25, 0.3) is 0 Å². The highest BCUT2D eigenvalue weighted by Gasteiger charge is 2.03. The molecule has 2 nitrogen and oxygen atoms in total. The SMILES string of the molecule is CSC(C)c1ncccn1. The Balaban J connectivity index is 2.75. The van der Waals surface area contributed by atoms with Crippen molar-refractivity contribution in [3.63, 3.8) is 0 Å². The Hall–Kier alpha value is -0.570. The van der Waals surface area contributed by atoms with E-state index in [1.807, 2.05) is 6.07 Å². The van der Waals surface area contributed by atoms with E-state index in [4.69, 9.17) is 0 Å². The van der Waals surface area contributed by atoms with Crippen molar-refractivity contribution in [2.45, 2.75) is 12.2 Å². The second-order valence-corrected chi connectivity index (χ2v) is 3.16. The zero-order valence-corrected chi connectivity index (χ0v) is 6.93. The largest absolute Gasteiger partial charge is 0.240 e. The van der Waals surface area contributed by atoms with Gasteiger partial charge < -0.3 is 0 Å². The molecule has 0 spiro atoms. The van der Waals surface area contributed by atoms with Gasteiger partial charge in [0, 0.05) is 12.4 Å². The first-order valence-corrected chi connectivity index (χ1v) is 4.43. The van der Waals surface area contributed by atoms with Gasteiger partial charge in [-0.2, -0.15) is 11.8 Å². The average molecular weight is 154 g/mol. The summed E-state index contributed by atoms with van der Waals surface area (Å²) in [5, 5.41) is 0.404. The molecule has 10 heavy (non-hydrogen) atoms. The maximum absolute atomic E-state index is 4.12. The minimum absolute atomic E-state index is 0.404. The second-order valence-electron chi connectivity index (χ2n) is 1.98. The lowest BCUT2D eigenvalue weighted by molar-refractivity contribution is 0.921. The number of hydrogen-bond acceptors (Lipinski definition) is 3. The van der Waals surface area contributed by atoms with E-state index in [0.29, 0.717) is 5.25 Å². The van der Waals surface area contributed by atoms with Crippen LogP contribution < -0.4 is 0 Å². The summed E-state index contributed by atoms with van der Waals surface area (Å²) in [6.07, 6.45) is 5.60. The smallest absolute Gasteiger partial charge is 0.140 e. The first kappa shape index (κ1) is 7.54.